The summed E-state index contributed by atoms with van der Waals surface area (Å²) in [5.41, 5.74) is 9.43. The summed E-state index contributed by atoms with van der Waals surface area (Å²) in [5, 5.41) is 4.39. The number of hydrazone groups is 1. The van der Waals surface area contributed by atoms with Crippen molar-refractivity contribution < 1.29 is 0 Å². The minimum Gasteiger partial charge on any atom is -0.279 e. The van der Waals surface area contributed by atoms with Crippen LogP contribution in [0.25, 0.3) is 5.57 Å². The van der Waals surface area contributed by atoms with Gasteiger partial charge in [0.05, 0.1) is 11.9 Å². The second kappa shape index (κ2) is 6.88. The van der Waals surface area contributed by atoms with Crippen LogP contribution < -0.4 is 5.43 Å². The van der Waals surface area contributed by atoms with Crippen LogP contribution in [0.1, 0.15) is 38.3 Å². The standard InChI is InChI=1S/C22H24N2/c1-22(2,3)19-14-13-17(15-19)21-12-8-7-9-18(21)16-23-24-20-10-5-4-6-11-20/h4-12,14-16,24H,13H2,1-3H3/b23-16+. The van der Waals surface area contributed by atoms with Gasteiger partial charge in [-0.2, -0.15) is 5.10 Å². The van der Waals surface area contributed by atoms with E-state index in [0.29, 0.717) is 0 Å². The molecule has 1 N–H and O–H groups in total. The molecule has 0 saturated heterocycles. The molecule has 0 aliphatic heterocycles. The van der Waals surface area contributed by atoms with Crippen molar-refractivity contribution >= 4 is 17.5 Å². The first kappa shape index (κ1) is 16.3. The molecule has 0 radical (unpaired) electrons. The number of nitrogens with one attached hydrogen (secondary N) is 1. The summed E-state index contributed by atoms with van der Waals surface area (Å²) in [4.78, 5) is 0. The topological polar surface area (TPSA) is 24.4 Å². The molecule has 2 heteroatoms. The summed E-state index contributed by atoms with van der Waals surface area (Å²) in [6.07, 6.45) is 7.56. The Morgan fingerprint density at radius 3 is 2.38 bits per heavy atom. The largest absolute Gasteiger partial charge is 0.279 e. The number of nitrogens with zero attached hydrogens (tertiary/aromatic N) is 1. The van der Waals surface area contributed by atoms with Crippen LogP contribution >= 0.6 is 0 Å². The first-order valence-corrected chi connectivity index (χ1v) is 8.39. The molecule has 0 atom stereocenters. The van der Waals surface area contributed by atoms with Crippen LogP contribution in [0.3, 0.4) is 0 Å². The van der Waals surface area contributed by atoms with Gasteiger partial charge in [0.15, 0.2) is 0 Å². The van der Waals surface area contributed by atoms with E-state index in [1.54, 1.807) is 0 Å². The number of anilines is 1. The highest BCUT2D eigenvalue weighted by Gasteiger charge is 2.20. The third-order valence-electron chi connectivity index (χ3n) is 4.22. The predicted molar refractivity (Wildman–Crippen MR) is 104 cm³/mol. The van der Waals surface area contributed by atoms with Crippen LogP contribution in [-0.2, 0) is 0 Å². The molecule has 0 heterocycles. The van der Waals surface area contributed by atoms with Gasteiger partial charge in [-0.15, -0.1) is 0 Å². The lowest BCUT2D eigenvalue weighted by atomic mass is 9.87. The lowest BCUT2D eigenvalue weighted by molar-refractivity contribution is 0.518. The van der Waals surface area contributed by atoms with E-state index in [9.17, 15) is 0 Å². The Morgan fingerprint density at radius 1 is 0.958 bits per heavy atom. The molecule has 0 spiro atoms. The minimum absolute atomic E-state index is 0.194. The number of rotatable bonds is 4. The summed E-state index contributed by atoms with van der Waals surface area (Å²) in [6.45, 7) is 6.78. The monoisotopic (exact) mass is 316 g/mol. The zero-order valence-corrected chi connectivity index (χ0v) is 14.6. The average molecular weight is 316 g/mol. The fourth-order valence-electron chi connectivity index (χ4n) is 2.83. The van der Waals surface area contributed by atoms with E-state index < -0.39 is 0 Å². The van der Waals surface area contributed by atoms with E-state index in [4.69, 9.17) is 0 Å². The van der Waals surface area contributed by atoms with Crippen molar-refractivity contribution in [1.29, 1.82) is 0 Å². The van der Waals surface area contributed by atoms with Crippen molar-refractivity contribution in [2.45, 2.75) is 27.2 Å². The molecule has 1 aliphatic rings. The Hall–Kier alpha value is -2.61. The third kappa shape index (κ3) is 3.83. The van der Waals surface area contributed by atoms with Crippen LogP contribution in [-0.4, -0.2) is 6.21 Å². The van der Waals surface area contributed by atoms with Gasteiger partial charge in [0.25, 0.3) is 0 Å². The van der Waals surface area contributed by atoms with Crippen molar-refractivity contribution in [2.75, 3.05) is 5.43 Å². The highest BCUT2D eigenvalue weighted by molar-refractivity contribution is 5.90. The molecular weight excluding hydrogens is 292 g/mol. The minimum atomic E-state index is 0.194. The summed E-state index contributed by atoms with van der Waals surface area (Å²) >= 11 is 0. The highest BCUT2D eigenvalue weighted by Crippen LogP contribution is 2.36. The van der Waals surface area contributed by atoms with Crippen LogP contribution in [0.5, 0.6) is 0 Å². The van der Waals surface area contributed by atoms with Gasteiger partial charge >= 0.3 is 0 Å². The van der Waals surface area contributed by atoms with E-state index in [1.165, 1.54) is 16.7 Å². The van der Waals surface area contributed by atoms with Crippen molar-refractivity contribution in [3.8, 4) is 0 Å². The first-order chi connectivity index (χ1) is 11.5. The molecule has 3 rings (SSSR count). The van der Waals surface area contributed by atoms with Gasteiger partial charge in [0.1, 0.15) is 0 Å². The van der Waals surface area contributed by atoms with Crippen LogP contribution in [0.2, 0.25) is 0 Å². The maximum atomic E-state index is 4.39. The summed E-state index contributed by atoms with van der Waals surface area (Å²) in [7, 11) is 0. The number of para-hydroxylation sites is 1. The molecule has 2 nitrogen and oxygen atoms in total. The Bertz CT molecular complexity index is 790. The number of benzene rings is 2. The van der Waals surface area contributed by atoms with Crippen LogP contribution in [0.4, 0.5) is 5.69 Å². The lowest BCUT2D eigenvalue weighted by Crippen LogP contribution is -2.05. The van der Waals surface area contributed by atoms with Crippen LogP contribution in [0.15, 0.2) is 77.4 Å². The van der Waals surface area contributed by atoms with Crippen molar-refractivity contribution in [2.24, 2.45) is 10.5 Å². The molecular formula is C22H24N2. The fourth-order valence-corrected chi connectivity index (χ4v) is 2.83. The predicted octanol–water partition coefficient (Wildman–Crippen LogP) is 5.89. The van der Waals surface area contributed by atoms with Gasteiger partial charge < -0.3 is 0 Å². The van der Waals surface area contributed by atoms with E-state index in [1.807, 2.05) is 36.5 Å². The Morgan fingerprint density at radius 2 is 1.67 bits per heavy atom. The third-order valence-corrected chi connectivity index (χ3v) is 4.22. The second-order valence-electron chi connectivity index (χ2n) is 7.11. The van der Waals surface area contributed by atoms with Crippen LogP contribution in [0, 0.1) is 5.41 Å². The van der Waals surface area contributed by atoms with Crippen molar-refractivity contribution in [3.05, 3.63) is 83.4 Å². The average Bonchev–Trinajstić information content (AvgIpc) is 3.06. The zero-order chi connectivity index (χ0) is 17.0. The molecule has 1 aliphatic carbocycles. The molecule has 0 amide bonds. The normalized spacial score (nSPS) is 14.6. The zero-order valence-electron chi connectivity index (χ0n) is 14.6. The molecule has 0 aromatic heterocycles. The van der Waals surface area contributed by atoms with E-state index in [-0.39, 0.29) is 5.41 Å². The number of allylic oxidation sites excluding steroid dienone is 4. The van der Waals surface area contributed by atoms with Gasteiger partial charge in [0, 0.05) is 5.56 Å². The lowest BCUT2D eigenvalue weighted by Gasteiger charge is -2.18. The van der Waals surface area contributed by atoms with E-state index in [0.717, 1.165) is 17.7 Å². The summed E-state index contributed by atoms with van der Waals surface area (Å²) in [5.74, 6) is 0. The highest BCUT2D eigenvalue weighted by atomic mass is 15.3. The summed E-state index contributed by atoms with van der Waals surface area (Å²) < 4.78 is 0. The molecule has 0 saturated carbocycles. The molecule has 0 unspecified atom stereocenters. The SMILES string of the molecule is CC(C)(C)C1=CCC(c2ccccc2/C=N/Nc2ccccc2)=C1. The number of hydrogen-bond donors (Lipinski definition) is 1. The van der Waals surface area contributed by atoms with Gasteiger partial charge in [-0.05, 0) is 40.7 Å². The molecule has 122 valence electrons. The second-order valence-corrected chi connectivity index (χ2v) is 7.11. The maximum absolute atomic E-state index is 4.39. The van der Waals surface area contributed by atoms with Crippen molar-refractivity contribution in [1.82, 2.24) is 0 Å². The molecule has 0 fully saturated rings. The Kier molecular flexibility index (Phi) is 4.66. The molecule has 2 aromatic rings. The molecule has 2 aromatic carbocycles. The smallest absolute Gasteiger partial charge is 0.0561 e. The van der Waals surface area contributed by atoms with E-state index in [2.05, 4.69) is 67.7 Å². The first-order valence-electron chi connectivity index (χ1n) is 8.39. The van der Waals surface area contributed by atoms with Gasteiger partial charge in [-0.1, -0.05) is 75.4 Å². The molecule has 24 heavy (non-hydrogen) atoms. The summed E-state index contributed by atoms with van der Waals surface area (Å²) in [6, 6.07) is 18.4. The van der Waals surface area contributed by atoms with Gasteiger partial charge in [-0.3, -0.25) is 5.43 Å². The Labute approximate surface area is 144 Å². The van der Waals surface area contributed by atoms with Crippen molar-refractivity contribution in [3.63, 3.8) is 0 Å². The quantitative estimate of drug-likeness (QED) is 0.552. The fraction of sp³-hybridized carbons (Fsp3) is 0.227. The maximum Gasteiger partial charge on any atom is 0.0561 e. The van der Waals surface area contributed by atoms with E-state index >= 15 is 0 Å². The van der Waals surface area contributed by atoms with Gasteiger partial charge in [0.2, 0.25) is 0 Å². The molecule has 0 bridgehead atoms. The number of hydrogen-bond acceptors (Lipinski definition) is 2. The van der Waals surface area contributed by atoms with Gasteiger partial charge in [-0.25, -0.2) is 0 Å². The Balaban J connectivity index is 1.80.